The number of benzene rings is 2. The fourth-order valence-electron chi connectivity index (χ4n) is 2.04. The zero-order valence-corrected chi connectivity index (χ0v) is 12.8. The number of anilines is 1. The number of amides is 1. The largest absolute Gasteiger partial charge is 0.322 e. The number of nitrogens with one attached hydrogen (secondary N) is 1. The maximum absolute atomic E-state index is 13.2. The first-order valence-electron chi connectivity index (χ1n) is 6.95. The second kappa shape index (κ2) is 5.68. The van der Waals surface area contributed by atoms with E-state index in [1.807, 2.05) is 24.3 Å². The molecule has 2 nitrogen and oxygen atoms in total. The van der Waals surface area contributed by atoms with E-state index < -0.39 is 0 Å². The van der Waals surface area contributed by atoms with Crippen molar-refractivity contribution in [3.05, 3.63) is 65.0 Å². The molecular weight excluding hydrogens is 265 g/mol. The molecule has 0 atom stereocenters. The third-order valence-electron chi connectivity index (χ3n) is 3.43. The lowest BCUT2D eigenvalue weighted by molar-refractivity contribution is 0.102. The quantitative estimate of drug-likeness (QED) is 0.852. The Bertz CT molecular complexity index is 654. The molecule has 0 spiro atoms. The van der Waals surface area contributed by atoms with Crippen LogP contribution in [-0.2, 0) is 5.41 Å². The highest BCUT2D eigenvalue weighted by molar-refractivity contribution is 6.04. The van der Waals surface area contributed by atoms with Gasteiger partial charge in [0, 0.05) is 11.3 Å². The molecule has 0 heterocycles. The third-order valence-corrected chi connectivity index (χ3v) is 3.43. The Kier molecular flexibility index (Phi) is 4.12. The Morgan fingerprint density at radius 1 is 1.05 bits per heavy atom. The van der Waals surface area contributed by atoms with Crippen molar-refractivity contribution in [3.63, 3.8) is 0 Å². The smallest absolute Gasteiger partial charge is 0.255 e. The fraction of sp³-hybridized carbons (Fsp3) is 0.278. The van der Waals surface area contributed by atoms with E-state index in [0.717, 1.165) is 5.69 Å². The van der Waals surface area contributed by atoms with Crippen LogP contribution in [0.15, 0.2) is 42.5 Å². The van der Waals surface area contributed by atoms with Gasteiger partial charge in [0.05, 0.1) is 0 Å². The van der Waals surface area contributed by atoms with Crippen molar-refractivity contribution in [2.75, 3.05) is 5.32 Å². The minimum Gasteiger partial charge on any atom is -0.322 e. The molecule has 0 radical (unpaired) electrons. The highest BCUT2D eigenvalue weighted by atomic mass is 19.1. The maximum Gasteiger partial charge on any atom is 0.255 e. The molecule has 110 valence electrons. The van der Waals surface area contributed by atoms with Crippen LogP contribution in [0.3, 0.4) is 0 Å². The summed E-state index contributed by atoms with van der Waals surface area (Å²) in [4.78, 5) is 12.1. The van der Waals surface area contributed by atoms with E-state index in [9.17, 15) is 9.18 Å². The predicted octanol–water partition coefficient (Wildman–Crippen LogP) is 4.68. The van der Waals surface area contributed by atoms with Gasteiger partial charge in [0.1, 0.15) is 5.82 Å². The average molecular weight is 285 g/mol. The monoisotopic (exact) mass is 285 g/mol. The number of halogens is 1. The van der Waals surface area contributed by atoms with Crippen LogP contribution in [-0.4, -0.2) is 5.91 Å². The first-order chi connectivity index (χ1) is 9.77. The van der Waals surface area contributed by atoms with E-state index in [2.05, 4.69) is 26.1 Å². The zero-order chi connectivity index (χ0) is 15.6. The van der Waals surface area contributed by atoms with Crippen LogP contribution in [0.4, 0.5) is 10.1 Å². The molecule has 0 aliphatic heterocycles. The minimum absolute atomic E-state index is 0.0800. The van der Waals surface area contributed by atoms with Gasteiger partial charge in [-0.15, -0.1) is 0 Å². The summed E-state index contributed by atoms with van der Waals surface area (Å²) in [7, 11) is 0. The number of carbonyl (C=O) groups is 1. The number of hydrogen-bond acceptors (Lipinski definition) is 1. The second-order valence-corrected chi connectivity index (χ2v) is 6.25. The van der Waals surface area contributed by atoms with Gasteiger partial charge in [-0.3, -0.25) is 4.79 Å². The number of carbonyl (C=O) groups excluding carboxylic acids is 1. The third kappa shape index (κ3) is 3.69. The van der Waals surface area contributed by atoms with Crippen molar-refractivity contribution in [2.24, 2.45) is 0 Å². The summed E-state index contributed by atoms with van der Waals surface area (Å²) in [6, 6.07) is 12.1. The van der Waals surface area contributed by atoms with Crippen LogP contribution in [0, 0.1) is 12.7 Å². The minimum atomic E-state index is -0.305. The van der Waals surface area contributed by atoms with Gasteiger partial charge < -0.3 is 5.32 Å². The second-order valence-electron chi connectivity index (χ2n) is 6.25. The van der Waals surface area contributed by atoms with Gasteiger partial charge >= 0.3 is 0 Å². The topological polar surface area (TPSA) is 29.1 Å². The summed E-state index contributed by atoms with van der Waals surface area (Å²) in [5.41, 5.74) is 2.93. The molecule has 2 rings (SSSR count). The van der Waals surface area contributed by atoms with Crippen LogP contribution < -0.4 is 5.32 Å². The molecule has 2 aromatic rings. The first kappa shape index (κ1) is 15.2. The summed E-state index contributed by atoms with van der Waals surface area (Å²) in [5, 5.41) is 2.82. The molecule has 0 saturated carbocycles. The SMILES string of the molecule is Cc1cc(C(=O)Nc2ccc(C(C)(C)C)cc2)ccc1F. The Labute approximate surface area is 125 Å². The predicted molar refractivity (Wildman–Crippen MR) is 84.2 cm³/mol. The average Bonchev–Trinajstić information content (AvgIpc) is 2.41. The molecule has 0 fully saturated rings. The van der Waals surface area contributed by atoms with E-state index >= 15 is 0 Å². The molecule has 0 unspecified atom stereocenters. The molecule has 1 N–H and O–H groups in total. The molecule has 0 aliphatic rings. The molecular formula is C18H20FNO. The molecule has 0 aliphatic carbocycles. The number of aryl methyl sites for hydroxylation is 1. The Balaban J connectivity index is 2.14. The highest BCUT2D eigenvalue weighted by Crippen LogP contribution is 2.23. The van der Waals surface area contributed by atoms with E-state index in [0.29, 0.717) is 11.1 Å². The maximum atomic E-state index is 13.2. The van der Waals surface area contributed by atoms with Crippen LogP contribution in [0.5, 0.6) is 0 Å². The van der Waals surface area contributed by atoms with Gasteiger partial charge in [-0.2, -0.15) is 0 Å². The van der Waals surface area contributed by atoms with E-state index in [1.54, 1.807) is 13.0 Å². The summed E-state index contributed by atoms with van der Waals surface area (Å²) in [6.45, 7) is 8.07. The van der Waals surface area contributed by atoms with Crippen molar-refractivity contribution in [1.29, 1.82) is 0 Å². The van der Waals surface area contributed by atoms with Gasteiger partial charge in [-0.1, -0.05) is 32.9 Å². The van der Waals surface area contributed by atoms with Crippen molar-refractivity contribution in [2.45, 2.75) is 33.1 Å². The first-order valence-corrected chi connectivity index (χ1v) is 6.95. The molecule has 2 aromatic carbocycles. The standard InChI is InChI=1S/C18H20FNO/c1-12-11-13(5-10-16(12)19)17(21)20-15-8-6-14(7-9-15)18(2,3)4/h5-11H,1-4H3,(H,20,21). The lowest BCUT2D eigenvalue weighted by atomic mass is 9.87. The lowest BCUT2D eigenvalue weighted by Crippen LogP contribution is -2.13. The van der Waals surface area contributed by atoms with Gasteiger partial charge in [-0.05, 0) is 53.8 Å². The van der Waals surface area contributed by atoms with Gasteiger partial charge in [0.15, 0.2) is 0 Å². The van der Waals surface area contributed by atoms with Crippen LogP contribution in [0.1, 0.15) is 42.3 Å². The van der Waals surface area contributed by atoms with Crippen LogP contribution >= 0.6 is 0 Å². The molecule has 3 heteroatoms. The van der Waals surface area contributed by atoms with Crippen molar-refractivity contribution < 1.29 is 9.18 Å². The van der Waals surface area contributed by atoms with E-state index in [1.165, 1.54) is 17.7 Å². The Morgan fingerprint density at radius 2 is 1.67 bits per heavy atom. The zero-order valence-electron chi connectivity index (χ0n) is 12.8. The molecule has 21 heavy (non-hydrogen) atoms. The number of rotatable bonds is 2. The normalized spacial score (nSPS) is 11.3. The fourth-order valence-corrected chi connectivity index (χ4v) is 2.04. The highest BCUT2D eigenvalue weighted by Gasteiger charge is 2.13. The summed E-state index contributed by atoms with van der Waals surface area (Å²) in [5.74, 6) is -0.539. The van der Waals surface area contributed by atoms with Crippen molar-refractivity contribution in [1.82, 2.24) is 0 Å². The molecule has 0 bridgehead atoms. The number of hydrogen-bond donors (Lipinski definition) is 1. The van der Waals surface area contributed by atoms with Gasteiger partial charge in [-0.25, -0.2) is 4.39 Å². The van der Waals surface area contributed by atoms with Gasteiger partial charge in [0.2, 0.25) is 0 Å². The Morgan fingerprint density at radius 3 is 2.19 bits per heavy atom. The van der Waals surface area contributed by atoms with Crippen molar-refractivity contribution >= 4 is 11.6 Å². The van der Waals surface area contributed by atoms with Gasteiger partial charge in [0.25, 0.3) is 5.91 Å². The summed E-state index contributed by atoms with van der Waals surface area (Å²) < 4.78 is 13.2. The molecule has 0 aromatic heterocycles. The summed E-state index contributed by atoms with van der Waals surface area (Å²) in [6.07, 6.45) is 0. The van der Waals surface area contributed by atoms with E-state index in [4.69, 9.17) is 0 Å². The Hall–Kier alpha value is -2.16. The lowest BCUT2D eigenvalue weighted by Gasteiger charge is -2.19. The van der Waals surface area contributed by atoms with Crippen LogP contribution in [0.25, 0.3) is 0 Å². The van der Waals surface area contributed by atoms with Crippen LogP contribution in [0.2, 0.25) is 0 Å². The summed E-state index contributed by atoms with van der Waals surface area (Å²) >= 11 is 0. The van der Waals surface area contributed by atoms with E-state index in [-0.39, 0.29) is 17.1 Å². The van der Waals surface area contributed by atoms with Crippen molar-refractivity contribution in [3.8, 4) is 0 Å². The molecule has 1 amide bonds. The molecule has 0 saturated heterocycles.